The molecule has 136 valence electrons. The Labute approximate surface area is 159 Å². The van der Waals surface area contributed by atoms with E-state index in [0.29, 0.717) is 17.7 Å². The van der Waals surface area contributed by atoms with Crippen molar-refractivity contribution in [3.8, 4) is 0 Å². The Morgan fingerprint density at radius 2 is 1.37 bits per heavy atom. The van der Waals surface area contributed by atoms with Crippen molar-refractivity contribution in [2.75, 3.05) is 0 Å². The average molecular weight is 358 g/mol. The predicted molar refractivity (Wildman–Crippen MR) is 106 cm³/mol. The van der Waals surface area contributed by atoms with Crippen LogP contribution in [0.1, 0.15) is 44.8 Å². The van der Waals surface area contributed by atoms with Gasteiger partial charge in [-0.3, -0.25) is 9.59 Å². The van der Waals surface area contributed by atoms with Gasteiger partial charge in [0.15, 0.2) is 0 Å². The summed E-state index contributed by atoms with van der Waals surface area (Å²) in [6, 6.07) is 26.1. The van der Waals surface area contributed by atoms with E-state index in [-0.39, 0.29) is 17.9 Å². The van der Waals surface area contributed by atoms with Gasteiger partial charge < -0.3 is 10.6 Å². The molecule has 0 saturated carbocycles. The van der Waals surface area contributed by atoms with Crippen molar-refractivity contribution >= 4 is 11.8 Å². The van der Waals surface area contributed by atoms with Gasteiger partial charge in [-0.05, 0) is 36.2 Å². The molecule has 3 aromatic rings. The fourth-order valence-electron chi connectivity index (χ4n) is 2.79. The van der Waals surface area contributed by atoms with E-state index in [1.165, 1.54) is 0 Å². The first-order chi connectivity index (χ1) is 13.1. The molecule has 0 bridgehead atoms. The second-order valence-corrected chi connectivity index (χ2v) is 6.35. The molecule has 4 heteroatoms. The van der Waals surface area contributed by atoms with Crippen molar-refractivity contribution in [2.45, 2.75) is 19.5 Å². The largest absolute Gasteiger partial charge is 0.348 e. The van der Waals surface area contributed by atoms with Gasteiger partial charge in [-0.25, -0.2) is 0 Å². The Morgan fingerprint density at radius 3 is 2.04 bits per heavy atom. The van der Waals surface area contributed by atoms with Gasteiger partial charge in [-0.1, -0.05) is 66.7 Å². The van der Waals surface area contributed by atoms with Gasteiger partial charge >= 0.3 is 0 Å². The third-order valence-corrected chi connectivity index (χ3v) is 4.33. The maximum atomic E-state index is 12.5. The molecule has 0 aliphatic carbocycles. The SMILES string of the molecule is CC(NC(=O)c1cccc(C(=O)NCc2ccccc2)c1)c1ccccc1. The number of hydrogen-bond donors (Lipinski definition) is 2. The molecule has 3 rings (SSSR count). The Kier molecular flexibility index (Phi) is 6.00. The zero-order valence-corrected chi connectivity index (χ0v) is 15.2. The topological polar surface area (TPSA) is 58.2 Å². The number of carbonyl (C=O) groups is 2. The van der Waals surface area contributed by atoms with Crippen LogP contribution in [0.3, 0.4) is 0 Å². The lowest BCUT2D eigenvalue weighted by atomic mass is 10.1. The van der Waals surface area contributed by atoms with Crippen LogP contribution < -0.4 is 10.6 Å². The lowest BCUT2D eigenvalue weighted by molar-refractivity contribution is 0.0940. The summed E-state index contributed by atoms with van der Waals surface area (Å²) in [4.78, 5) is 24.9. The molecule has 2 amide bonds. The number of hydrogen-bond acceptors (Lipinski definition) is 2. The van der Waals surface area contributed by atoms with Gasteiger partial charge in [0.05, 0.1) is 6.04 Å². The molecule has 0 spiro atoms. The highest BCUT2D eigenvalue weighted by molar-refractivity contribution is 5.99. The van der Waals surface area contributed by atoms with Crippen LogP contribution in [0.5, 0.6) is 0 Å². The molecule has 3 aromatic carbocycles. The smallest absolute Gasteiger partial charge is 0.251 e. The van der Waals surface area contributed by atoms with Gasteiger partial charge in [-0.15, -0.1) is 0 Å². The fourth-order valence-corrected chi connectivity index (χ4v) is 2.79. The second kappa shape index (κ2) is 8.81. The van der Waals surface area contributed by atoms with Crippen LogP contribution in [0, 0.1) is 0 Å². The zero-order chi connectivity index (χ0) is 19.1. The molecule has 1 atom stereocenters. The molecule has 0 fully saturated rings. The summed E-state index contributed by atoms with van der Waals surface area (Å²) in [6.07, 6.45) is 0. The normalized spacial score (nSPS) is 11.4. The van der Waals surface area contributed by atoms with Crippen LogP contribution in [0.25, 0.3) is 0 Å². The quantitative estimate of drug-likeness (QED) is 0.697. The van der Waals surface area contributed by atoms with E-state index in [1.54, 1.807) is 24.3 Å². The molecule has 1 unspecified atom stereocenters. The van der Waals surface area contributed by atoms with E-state index in [2.05, 4.69) is 10.6 Å². The third-order valence-electron chi connectivity index (χ3n) is 4.33. The average Bonchev–Trinajstić information content (AvgIpc) is 2.73. The van der Waals surface area contributed by atoms with Gasteiger partial charge in [0.1, 0.15) is 0 Å². The van der Waals surface area contributed by atoms with Crippen molar-refractivity contribution < 1.29 is 9.59 Å². The molecule has 0 aromatic heterocycles. The van der Waals surface area contributed by atoms with Gasteiger partial charge in [0.25, 0.3) is 11.8 Å². The van der Waals surface area contributed by atoms with E-state index >= 15 is 0 Å². The highest BCUT2D eigenvalue weighted by Crippen LogP contribution is 2.13. The van der Waals surface area contributed by atoms with Gasteiger partial charge in [0.2, 0.25) is 0 Å². The molecule has 2 N–H and O–H groups in total. The lowest BCUT2D eigenvalue weighted by Gasteiger charge is -2.14. The van der Waals surface area contributed by atoms with Crippen molar-refractivity contribution in [3.63, 3.8) is 0 Å². The van der Waals surface area contributed by atoms with Gasteiger partial charge in [0, 0.05) is 17.7 Å². The van der Waals surface area contributed by atoms with Crippen molar-refractivity contribution in [2.24, 2.45) is 0 Å². The summed E-state index contributed by atoms with van der Waals surface area (Å²) < 4.78 is 0. The Bertz CT molecular complexity index is 908. The molecule has 0 aliphatic heterocycles. The van der Waals surface area contributed by atoms with E-state index in [4.69, 9.17) is 0 Å². The van der Waals surface area contributed by atoms with E-state index in [9.17, 15) is 9.59 Å². The van der Waals surface area contributed by atoms with Crippen molar-refractivity contribution in [1.82, 2.24) is 10.6 Å². The summed E-state index contributed by atoms with van der Waals surface area (Å²) in [5.74, 6) is -0.409. The molecule has 0 aliphatic rings. The molecule has 4 nitrogen and oxygen atoms in total. The van der Waals surface area contributed by atoms with Crippen molar-refractivity contribution in [1.29, 1.82) is 0 Å². The minimum absolute atomic E-state index is 0.116. The van der Waals surface area contributed by atoms with E-state index < -0.39 is 0 Å². The number of carbonyl (C=O) groups excluding carboxylic acids is 2. The minimum Gasteiger partial charge on any atom is -0.348 e. The molecule has 0 heterocycles. The molecular weight excluding hydrogens is 336 g/mol. The van der Waals surface area contributed by atoms with E-state index in [0.717, 1.165) is 11.1 Å². The van der Waals surface area contributed by atoms with Gasteiger partial charge in [-0.2, -0.15) is 0 Å². The number of rotatable bonds is 6. The third kappa shape index (κ3) is 5.05. The molecule has 27 heavy (non-hydrogen) atoms. The number of benzene rings is 3. The fraction of sp³-hybridized carbons (Fsp3) is 0.130. The van der Waals surface area contributed by atoms with Crippen LogP contribution in [-0.2, 0) is 6.54 Å². The van der Waals surface area contributed by atoms with E-state index in [1.807, 2.05) is 67.6 Å². The molecular formula is C23H22N2O2. The summed E-state index contributed by atoms with van der Waals surface area (Å²) in [5.41, 5.74) is 2.98. The van der Waals surface area contributed by atoms with Crippen molar-refractivity contribution in [3.05, 3.63) is 107 Å². The maximum absolute atomic E-state index is 12.5. The van der Waals surface area contributed by atoms with Crippen LogP contribution >= 0.6 is 0 Å². The molecule has 0 saturated heterocycles. The predicted octanol–water partition coefficient (Wildman–Crippen LogP) is 4.11. The minimum atomic E-state index is -0.205. The lowest BCUT2D eigenvalue weighted by Crippen LogP contribution is -2.27. The Balaban J connectivity index is 1.64. The Hall–Kier alpha value is -3.40. The summed E-state index contributed by atoms with van der Waals surface area (Å²) >= 11 is 0. The highest BCUT2D eigenvalue weighted by atomic mass is 16.2. The van der Waals surface area contributed by atoms with Crippen LogP contribution in [0.4, 0.5) is 0 Å². The standard InChI is InChI=1S/C23H22N2O2/c1-17(19-11-6-3-7-12-19)25-23(27)21-14-8-13-20(15-21)22(26)24-16-18-9-4-2-5-10-18/h2-15,17H,16H2,1H3,(H,24,26)(H,25,27). The van der Waals surface area contributed by atoms with Crippen LogP contribution in [0.15, 0.2) is 84.9 Å². The first-order valence-electron chi connectivity index (χ1n) is 8.91. The summed E-state index contributed by atoms with van der Waals surface area (Å²) in [6.45, 7) is 2.38. The number of nitrogens with one attached hydrogen (secondary N) is 2. The summed E-state index contributed by atoms with van der Waals surface area (Å²) in [5, 5.41) is 5.84. The monoisotopic (exact) mass is 358 g/mol. The second-order valence-electron chi connectivity index (χ2n) is 6.35. The van der Waals surface area contributed by atoms with Crippen LogP contribution in [-0.4, -0.2) is 11.8 Å². The zero-order valence-electron chi connectivity index (χ0n) is 15.2. The number of amides is 2. The van der Waals surface area contributed by atoms with Crippen LogP contribution in [0.2, 0.25) is 0 Å². The maximum Gasteiger partial charge on any atom is 0.251 e. The Morgan fingerprint density at radius 1 is 0.778 bits per heavy atom. The first-order valence-corrected chi connectivity index (χ1v) is 8.91. The first kappa shape index (κ1) is 18.4. The molecule has 0 radical (unpaired) electrons. The highest BCUT2D eigenvalue weighted by Gasteiger charge is 2.13. The summed E-state index contributed by atoms with van der Waals surface area (Å²) in [7, 11) is 0.